The summed E-state index contributed by atoms with van der Waals surface area (Å²) < 4.78 is 5.99. The van der Waals surface area contributed by atoms with Crippen LogP contribution < -0.4 is 0 Å². The van der Waals surface area contributed by atoms with Crippen molar-refractivity contribution in [2.75, 3.05) is 6.61 Å². The molecule has 0 aromatic rings. The van der Waals surface area contributed by atoms with Crippen LogP contribution in [0.5, 0.6) is 0 Å². The van der Waals surface area contributed by atoms with Crippen molar-refractivity contribution in [3.8, 4) is 0 Å². The Bertz CT molecular complexity index is 343. The van der Waals surface area contributed by atoms with Gasteiger partial charge in [0.1, 0.15) is 11.2 Å². The highest BCUT2D eigenvalue weighted by Gasteiger charge is 2.75. The van der Waals surface area contributed by atoms with Gasteiger partial charge >= 0.3 is 0 Å². The fourth-order valence-corrected chi connectivity index (χ4v) is 3.18. The van der Waals surface area contributed by atoms with Crippen LogP contribution in [0.25, 0.3) is 0 Å². The number of fused-ring (bicyclic) bond motifs is 1. The van der Waals surface area contributed by atoms with Gasteiger partial charge in [-0.15, -0.1) is 0 Å². The molecular formula is C14H22O2. The molecule has 2 unspecified atom stereocenters. The number of epoxide rings is 1. The van der Waals surface area contributed by atoms with E-state index >= 15 is 0 Å². The van der Waals surface area contributed by atoms with Crippen molar-refractivity contribution in [3.63, 3.8) is 0 Å². The van der Waals surface area contributed by atoms with Gasteiger partial charge in [-0.1, -0.05) is 32.1 Å². The van der Waals surface area contributed by atoms with E-state index in [1.165, 1.54) is 0 Å². The Labute approximate surface area is 98.0 Å². The second kappa shape index (κ2) is 3.44. The molecule has 0 aromatic heterocycles. The molecule has 0 aromatic carbocycles. The SMILES string of the molecule is C=C(C)/C=C/C12OC1(CO)CCCC2(C)C. The summed E-state index contributed by atoms with van der Waals surface area (Å²) in [5.41, 5.74) is 0.533. The molecule has 16 heavy (non-hydrogen) atoms. The van der Waals surface area contributed by atoms with E-state index in [9.17, 15) is 5.11 Å². The fourth-order valence-electron chi connectivity index (χ4n) is 3.18. The number of hydrogen-bond donors (Lipinski definition) is 1. The van der Waals surface area contributed by atoms with E-state index in [0.717, 1.165) is 24.8 Å². The van der Waals surface area contributed by atoms with Gasteiger partial charge in [-0.25, -0.2) is 0 Å². The maximum absolute atomic E-state index is 9.57. The van der Waals surface area contributed by atoms with Gasteiger partial charge in [0, 0.05) is 5.41 Å². The Kier molecular flexibility index (Phi) is 2.56. The third-order valence-corrected chi connectivity index (χ3v) is 4.24. The molecule has 0 spiro atoms. The Morgan fingerprint density at radius 2 is 2.12 bits per heavy atom. The van der Waals surface area contributed by atoms with E-state index in [4.69, 9.17) is 4.74 Å². The maximum Gasteiger partial charge on any atom is 0.125 e. The average molecular weight is 222 g/mol. The van der Waals surface area contributed by atoms with E-state index in [1.807, 2.05) is 13.0 Å². The van der Waals surface area contributed by atoms with Crippen molar-refractivity contribution in [1.29, 1.82) is 0 Å². The summed E-state index contributed by atoms with van der Waals surface area (Å²) in [4.78, 5) is 0. The highest BCUT2D eigenvalue weighted by atomic mass is 16.6. The molecule has 1 aliphatic carbocycles. The van der Waals surface area contributed by atoms with Gasteiger partial charge in [-0.05, 0) is 32.3 Å². The predicted octanol–water partition coefficient (Wildman–Crippen LogP) is 2.83. The third-order valence-electron chi connectivity index (χ3n) is 4.24. The first kappa shape index (κ1) is 11.9. The normalized spacial score (nSPS) is 40.8. The van der Waals surface area contributed by atoms with Gasteiger partial charge in [0.2, 0.25) is 0 Å². The minimum atomic E-state index is -0.319. The zero-order valence-electron chi connectivity index (χ0n) is 10.5. The van der Waals surface area contributed by atoms with Crippen molar-refractivity contribution in [3.05, 3.63) is 24.3 Å². The van der Waals surface area contributed by atoms with Crippen LogP contribution in [0, 0.1) is 5.41 Å². The number of allylic oxidation sites excluding steroid dienone is 2. The standard InChI is InChI=1S/C14H22O2/c1-11(2)6-9-14-12(3,4)7-5-8-13(14,10-15)16-14/h6,9,15H,1,5,7-8,10H2,2-4H3/b9-6+. The lowest BCUT2D eigenvalue weighted by molar-refractivity contribution is 0.151. The summed E-state index contributed by atoms with van der Waals surface area (Å²) in [6.45, 7) is 10.4. The fraction of sp³-hybridized carbons (Fsp3) is 0.714. The first-order valence-electron chi connectivity index (χ1n) is 6.05. The van der Waals surface area contributed by atoms with E-state index in [1.54, 1.807) is 0 Å². The highest BCUT2D eigenvalue weighted by Crippen LogP contribution is 2.65. The second-order valence-corrected chi connectivity index (χ2v) is 5.91. The maximum atomic E-state index is 9.57. The predicted molar refractivity (Wildman–Crippen MR) is 65.2 cm³/mol. The number of ether oxygens (including phenoxy) is 1. The molecule has 1 N–H and O–H groups in total. The van der Waals surface area contributed by atoms with Crippen LogP contribution in [0.15, 0.2) is 24.3 Å². The zero-order valence-corrected chi connectivity index (χ0v) is 10.5. The first-order valence-corrected chi connectivity index (χ1v) is 6.05. The molecule has 1 saturated carbocycles. The Morgan fingerprint density at radius 3 is 2.69 bits per heavy atom. The van der Waals surface area contributed by atoms with Gasteiger partial charge in [-0.2, -0.15) is 0 Å². The van der Waals surface area contributed by atoms with Crippen molar-refractivity contribution in [1.82, 2.24) is 0 Å². The number of rotatable bonds is 3. The van der Waals surface area contributed by atoms with Crippen molar-refractivity contribution < 1.29 is 9.84 Å². The monoisotopic (exact) mass is 222 g/mol. The van der Waals surface area contributed by atoms with E-state index in [0.29, 0.717) is 0 Å². The molecule has 2 aliphatic rings. The molecule has 2 nitrogen and oxygen atoms in total. The van der Waals surface area contributed by atoms with Crippen LogP contribution >= 0.6 is 0 Å². The van der Waals surface area contributed by atoms with Crippen LogP contribution in [0.1, 0.15) is 40.0 Å². The Morgan fingerprint density at radius 1 is 1.44 bits per heavy atom. The summed E-state index contributed by atoms with van der Waals surface area (Å²) in [5, 5.41) is 9.57. The number of aliphatic hydroxyl groups is 1. The second-order valence-electron chi connectivity index (χ2n) is 5.91. The summed E-state index contributed by atoms with van der Waals surface area (Å²) >= 11 is 0. The molecule has 0 radical (unpaired) electrons. The first-order chi connectivity index (χ1) is 7.39. The molecule has 90 valence electrons. The van der Waals surface area contributed by atoms with Gasteiger partial charge in [0.05, 0.1) is 6.61 Å². The van der Waals surface area contributed by atoms with Gasteiger partial charge in [0.15, 0.2) is 0 Å². The molecule has 2 heteroatoms. The van der Waals surface area contributed by atoms with Crippen LogP contribution in [-0.2, 0) is 4.74 Å². The topological polar surface area (TPSA) is 32.8 Å². The van der Waals surface area contributed by atoms with Crippen LogP contribution in [0.4, 0.5) is 0 Å². The summed E-state index contributed by atoms with van der Waals surface area (Å²) in [6.07, 6.45) is 7.38. The lowest BCUT2D eigenvalue weighted by Gasteiger charge is -2.37. The lowest BCUT2D eigenvalue weighted by Crippen LogP contribution is -2.44. The molecule has 1 aliphatic heterocycles. The third kappa shape index (κ3) is 1.40. The molecule has 2 fully saturated rings. The molecule has 2 atom stereocenters. The molecule has 1 heterocycles. The zero-order chi connectivity index (χ0) is 12.0. The van der Waals surface area contributed by atoms with Crippen molar-refractivity contribution in [2.45, 2.75) is 51.2 Å². The van der Waals surface area contributed by atoms with E-state index < -0.39 is 0 Å². The summed E-state index contributed by atoms with van der Waals surface area (Å²) in [7, 11) is 0. The number of aliphatic hydroxyl groups excluding tert-OH is 1. The van der Waals surface area contributed by atoms with Gasteiger partial charge in [0.25, 0.3) is 0 Å². The molecule has 0 amide bonds. The van der Waals surface area contributed by atoms with Crippen LogP contribution in [-0.4, -0.2) is 22.9 Å². The molecule has 1 saturated heterocycles. The minimum absolute atomic E-state index is 0.0972. The minimum Gasteiger partial charge on any atom is -0.393 e. The highest BCUT2D eigenvalue weighted by molar-refractivity contribution is 5.34. The van der Waals surface area contributed by atoms with E-state index in [2.05, 4.69) is 26.5 Å². The largest absolute Gasteiger partial charge is 0.393 e. The summed E-state index contributed by atoms with van der Waals surface area (Å²) in [5.74, 6) is 0. The molecule has 2 rings (SSSR count). The quantitative estimate of drug-likeness (QED) is 0.588. The average Bonchev–Trinajstić information content (AvgIpc) is 2.87. The molecular weight excluding hydrogens is 200 g/mol. The van der Waals surface area contributed by atoms with Crippen molar-refractivity contribution in [2.24, 2.45) is 5.41 Å². The van der Waals surface area contributed by atoms with Crippen molar-refractivity contribution >= 4 is 0 Å². The smallest absolute Gasteiger partial charge is 0.125 e. The van der Waals surface area contributed by atoms with E-state index in [-0.39, 0.29) is 23.2 Å². The Hall–Kier alpha value is -0.600. The number of hydrogen-bond acceptors (Lipinski definition) is 2. The molecule has 0 bridgehead atoms. The summed E-state index contributed by atoms with van der Waals surface area (Å²) in [6, 6.07) is 0. The van der Waals surface area contributed by atoms with Gasteiger partial charge < -0.3 is 9.84 Å². The lowest BCUT2D eigenvalue weighted by atomic mass is 9.63. The van der Waals surface area contributed by atoms with Gasteiger partial charge in [-0.3, -0.25) is 0 Å². The van der Waals surface area contributed by atoms with Crippen LogP contribution in [0.2, 0.25) is 0 Å². The van der Waals surface area contributed by atoms with Crippen LogP contribution in [0.3, 0.4) is 0 Å². The Balaban J connectivity index is 2.32.